The Labute approximate surface area is 104 Å². The van der Waals surface area contributed by atoms with E-state index in [0.29, 0.717) is 5.88 Å². The van der Waals surface area contributed by atoms with E-state index in [-0.39, 0.29) is 0 Å². The number of halogens is 1. The fourth-order valence-corrected chi connectivity index (χ4v) is 1.97. The minimum atomic E-state index is 0.697. The Hall–Kier alpha value is -0.600. The van der Waals surface area contributed by atoms with E-state index < -0.39 is 0 Å². The van der Waals surface area contributed by atoms with Crippen molar-refractivity contribution in [1.29, 1.82) is 0 Å². The van der Waals surface area contributed by atoms with Crippen molar-refractivity contribution in [1.82, 2.24) is 9.88 Å². The van der Waals surface area contributed by atoms with Crippen molar-refractivity contribution >= 4 is 11.6 Å². The molecule has 0 unspecified atom stereocenters. The van der Waals surface area contributed by atoms with Crippen molar-refractivity contribution in [2.24, 2.45) is 0 Å². The van der Waals surface area contributed by atoms with Gasteiger partial charge in [0.05, 0.1) is 0 Å². The predicted octanol–water partition coefficient (Wildman–Crippen LogP) is 3.23. The molecule has 3 heteroatoms. The highest BCUT2D eigenvalue weighted by Gasteiger charge is 2.05. The van der Waals surface area contributed by atoms with Crippen LogP contribution in [0.15, 0.2) is 18.5 Å². The van der Waals surface area contributed by atoms with Gasteiger partial charge in [-0.3, -0.25) is 9.88 Å². The molecule has 0 N–H and O–H groups in total. The Morgan fingerprint density at radius 3 is 2.75 bits per heavy atom. The molecule has 1 heterocycles. The van der Waals surface area contributed by atoms with Crippen LogP contribution in [-0.2, 0) is 6.54 Å². The van der Waals surface area contributed by atoms with Gasteiger partial charge in [-0.05, 0) is 31.0 Å². The summed E-state index contributed by atoms with van der Waals surface area (Å²) in [6, 6.07) is 2.19. The monoisotopic (exact) mass is 240 g/mol. The molecule has 0 fully saturated rings. The van der Waals surface area contributed by atoms with Gasteiger partial charge in [0.1, 0.15) is 0 Å². The van der Waals surface area contributed by atoms with Crippen molar-refractivity contribution in [3.63, 3.8) is 0 Å². The number of nitrogens with zero attached hydrogens (tertiary/aromatic N) is 2. The third-order valence-corrected chi connectivity index (χ3v) is 2.74. The second-order valence-corrected chi connectivity index (χ2v) is 4.57. The highest BCUT2D eigenvalue weighted by molar-refractivity contribution is 6.18. The Kier molecular flexibility index (Phi) is 6.43. The van der Waals surface area contributed by atoms with Crippen LogP contribution in [0.4, 0.5) is 0 Å². The highest BCUT2D eigenvalue weighted by atomic mass is 35.5. The fourth-order valence-electron chi connectivity index (χ4n) is 1.73. The molecule has 0 aromatic carbocycles. The summed E-state index contributed by atoms with van der Waals surface area (Å²) < 4.78 is 0. The molecule has 0 saturated heterocycles. The Balaban J connectivity index is 2.52. The first-order valence-corrected chi connectivity index (χ1v) is 6.48. The van der Waals surface area contributed by atoms with Crippen LogP contribution >= 0.6 is 11.6 Å². The summed E-state index contributed by atoms with van der Waals surface area (Å²) >= 11 is 5.82. The minimum absolute atomic E-state index is 0.697. The molecule has 0 amide bonds. The molecule has 1 aromatic rings. The molecule has 0 radical (unpaired) electrons. The number of alkyl halides is 1. The van der Waals surface area contributed by atoms with Gasteiger partial charge in [0.15, 0.2) is 0 Å². The summed E-state index contributed by atoms with van der Waals surface area (Å²) in [6.45, 7) is 7.33. The van der Waals surface area contributed by atoms with Crippen LogP contribution in [0.2, 0.25) is 0 Å². The maximum Gasteiger partial charge on any atom is 0.0351 e. The summed E-state index contributed by atoms with van der Waals surface area (Å²) in [4.78, 5) is 6.61. The number of hydrogen-bond acceptors (Lipinski definition) is 2. The maximum absolute atomic E-state index is 5.82. The van der Waals surface area contributed by atoms with Crippen LogP contribution in [0, 0.1) is 6.92 Å². The number of pyridine rings is 1. The van der Waals surface area contributed by atoms with Crippen LogP contribution in [0.25, 0.3) is 0 Å². The van der Waals surface area contributed by atoms with Gasteiger partial charge in [0.25, 0.3) is 0 Å². The van der Waals surface area contributed by atoms with E-state index in [1.54, 1.807) is 0 Å². The maximum atomic E-state index is 5.82. The van der Waals surface area contributed by atoms with Gasteiger partial charge in [-0.1, -0.05) is 19.4 Å². The highest BCUT2D eigenvalue weighted by Crippen LogP contribution is 2.07. The Bertz CT molecular complexity index is 302. The third-order valence-electron chi connectivity index (χ3n) is 2.57. The lowest BCUT2D eigenvalue weighted by atomic mass is 10.2. The molecule has 0 atom stereocenters. The fraction of sp³-hybridized carbons (Fsp3) is 0.615. The summed E-state index contributed by atoms with van der Waals surface area (Å²) in [5, 5.41) is 0. The van der Waals surface area contributed by atoms with Gasteiger partial charge in [-0.15, -0.1) is 11.6 Å². The molecule has 0 spiro atoms. The molecule has 1 aromatic heterocycles. The molecule has 0 aliphatic rings. The van der Waals surface area contributed by atoms with E-state index >= 15 is 0 Å². The van der Waals surface area contributed by atoms with E-state index in [0.717, 1.165) is 19.6 Å². The smallest absolute Gasteiger partial charge is 0.0351 e. The molecule has 0 aliphatic heterocycles. The first-order valence-electron chi connectivity index (χ1n) is 5.95. The number of unbranched alkanes of at least 4 members (excludes halogenated alkanes) is 1. The van der Waals surface area contributed by atoms with Gasteiger partial charge in [0.2, 0.25) is 0 Å². The normalized spacial score (nSPS) is 11.0. The Morgan fingerprint density at radius 2 is 2.12 bits per heavy atom. The summed E-state index contributed by atoms with van der Waals surface area (Å²) in [5.41, 5.74) is 2.50. The zero-order valence-corrected chi connectivity index (χ0v) is 11.0. The van der Waals surface area contributed by atoms with Gasteiger partial charge < -0.3 is 0 Å². The summed E-state index contributed by atoms with van der Waals surface area (Å²) in [5.74, 6) is 0.697. The summed E-state index contributed by atoms with van der Waals surface area (Å²) in [7, 11) is 0. The second-order valence-electron chi connectivity index (χ2n) is 4.19. The van der Waals surface area contributed by atoms with Crippen molar-refractivity contribution in [3.05, 3.63) is 29.6 Å². The largest absolute Gasteiger partial charge is 0.298 e. The standard InChI is InChI=1S/C13H21ClN2/c1-3-4-6-16(7-5-14)11-13-8-12(2)9-15-10-13/h8-10H,3-7,11H2,1-2H3. The van der Waals surface area contributed by atoms with E-state index in [2.05, 4.69) is 29.8 Å². The SMILES string of the molecule is CCCCN(CCCl)Cc1cncc(C)c1. The molecule has 2 nitrogen and oxygen atoms in total. The molecule has 0 aliphatic carbocycles. The molecule has 90 valence electrons. The second kappa shape index (κ2) is 7.64. The average Bonchev–Trinajstić information content (AvgIpc) is 2.26. The van der Waals surface area contributed by atoms with Crippen molar-refractivity contribution in [2.75, 3.05) is 19.0 Å². The van der Waals surface area contributed by atoms with Crippen LogP contribution < -0.4 is 0 Å². The van der Waals surface area contributed by atoms with E-state index in [4.69, 9.17) is 11.6 Å². The van der Waals surface area contributed by atoms with Gasteiger partial charge in [-0.25, -0.2) is 0 Å². The van der Waals surface area contributed by atoms with Crippen molar-refractivity contribution in [2.45, 2.75) is 33.2 Å². The van der Waals surface area contributed by atoms with Crippen LogP contribution in [0.1, 0.15) is 30.9 Å². The number of aromatic nitrogens is 1. The van der Waals surface area contributed by atoms with E-state index in [9.17, 15) is 0 Å². The first kappa shape index (κ1) is 13.5. The molecule has 0 saturated carbocycles. The van der Waals surface area contributed by atoms with Crippen molar-refractivity contribution in [3.8, 4) is 0 Å². The first-order chi connectivity index (χ1) is 7.76. The van der Waals surface area contributed by atoms with Gasteiger partial charge in [0, 0.05) is 31.4 Å². The molecule has 0 bridgehead atoms. The van der Waals surface area contributed by atoms with Gasteiger partial charge >= 0.3 is 0 Å². The molecule has 1 rings (SSSR count). The number of aryl methyl sites for hydroxylation is 1. The lowest BCUT2D eigenvalue weighted by Crippen LogP contribution is -2.26. The lowest BCUT2D eigenvalue weighted by Gasteiger charge is -2.20. The van der Waals surface area contributed by atoms with Crippen molar-refractivity contribution < 1.29 is 0 Å². The third kappa shape index (κ3) is 4.95. The summed E-state index contributed by atoms with van der Waals surface area (Å²) in [6.07, 6.45) is 6.29. The number of hydrogen-bond donors (Lipinski definition) is 0. The van der Waals surface area contributed by atoms with Gasteiger partial charge in [-0.2, -0.15) is 0 Å². The Morgan fingerprint density at radius 1 is 1.31 bits per heavy atom. The minimum Gasteiger partial charge on any atom is -0.298 e. The number of rotatable bonds is 7. The quantitative estimate of drug-likeness (QED) is 0.681. The molecule has 16 heavy (non-hydrogen) atoms. The van der Waals surface area contributed by atoms with E-state index in [1.807, 2.05) is 12.4 Å². The lowest BCUT2D eigenvalue weighted by molar-refractivity contribution is 0.276. The van der Waals surface area contributed by atoms with Crippen LogP contribution in [-0.4, -0.2) is 28.9 Å². The molecular weight excluding hydrogens is 220 g/mol. The van der Waals surface area contributed by atoms with Crippen LogP contribution in [0.5, 0.6) is 0 Å². The average molecular weight is 241 g/mol. The molecular formula is C13H21ClN2. The van der Waals surface area contributed by atoms with E-state index in [1.165, 1.54) is 24.0 Å². The van der Waals surface area contributed by atoms with Crippen LogP contribution in [0.3, 0.4) is 0 Å². The zero-order chi connectivity index (χ0) is 11.8. The topological polar surface area (TPSA) is 16.1 Å². The zero-order valence-electron chi connectivity index (χ0n) is 10.2. The predicted molar refractivity (Wildman–Crippen MR) is 69.9 cm³/mol.